The first-order valence-corrected chi connectivity index (χ1v) is 8.64. The Kier molecular flexibility index (Phi) is 6.82. The zero-order chi connectivity index (χ0) is 14.2. The fourth-order valence-electron chi connectivity index (χ4n) is 3.85. The van der Waals surface area contributed by atoms with Crippen LogP contribution >= 0.6 is 0 Å². The van der Waals surface area contributed by atoms with Gasteiger partial charge in [-0.1, -0.05) is 32.1 Å². The minimum atomic E-state index is 0.250. The van der Waals surface area contributed by atoms with Gasteiger partial charge >= 0.3 is 0 Å². The molecule has 2 aliphatic rings. The third-order valence-electron chi connectivity index (χ3n) is 5.22. The van der Waals surface area contributed by atoms with E-state index < -0.39 is 0 Å². The summed E-state index contributed by atoms with van der Waals surface area (Å²) in [5.41, 5.74) is 0. The standard InChI is InChI=1S/C17H31N3/c1-20(16-9-3-2-4-10-16)13-7-12-19-17-11-6-5-8-15(17)14-18/h15-17,19H,2-13H2,1H3. The average Bonchev–Trinajstić information content (AvgIpc) is 2.52. The molecule has 0 radical (unpaired) electrons. The average molecular weight is 277 g/mol. The van der Waals surface area contributed by atoms with Crippen LogP contribution in [0.2, 0.25) is 0 Å². The van der Waals surface area contributed by atoms with E-state index >= 15 is 0 Å². The second kappa shape index (κ2) is 8.64. The number of nitrogens with one attached hydrogen (secondary N) is 1. The monoisotopic (exact) mass is 277 g/mol. The highest BCUT2D eigenvalue weighted by Crippen LogP contribution is 2.24. The quantitative estimate of drug-likeness (QED) is 0.757. The Balaban J connectivity index is 1.59. The molecular weight excluding hydrogens is 246 g/mol. The van der Waals surface area contributed by atoms with E-state index in [0.717, 1.165) is 19.0 Å². The summed E-state index contributed by atoms with van der Waals surface area (Å²) in [5.74, 6) is 0.250. The van der Waals surface area contributed by atoms with Gasteiger partial charge < -0.3 is 10.2 Å². The summed E-state index contributed by atoms with van der Waals surface area (Å²) < 4.78 is 0. The molecule has 2 rings (SSSR count). The van der Waals surface area contributed by atoms with Crippen LogP contribution in [-0.4, -0.2) is 37.1 Å². The van der Waals surface area contributed by atoms with Gasteiger partial charge in [0.05, 0.1) is 12.0 Å². The van der Waals surface area contributed by atoms with Crippen molar-refractivity contribution in [2.45, 2.75) is 76.3 Å². The van der Waals surface area contributed by atoms with E-state index in [9.17, 15) is 5.26 Å². The van der Waals surface area contributed by atoms with Gasteiger partial charge in [0.25, 0.3) is 0 Å². The van der Waals surface area contributed by atoms with Crippen LogP contribution in [0, 0.1) is 17.2 Å². The number of hydrogen-bond acceptors (Lipinski definition) is 3. The molecule has 0 heterocycles. The van der Waals surface area contributed by atoms with Gasteiger partial charge in [0, 0.05) is 12.1 Å². The molecule has 0 aromatic rings. The molecule has 3 heteroatoms. The van der Waals surface area contributed by atoms with E-state index in [4.69, 9.17) is 0 Å². The van der Waals surface area contributed by atoms with E-state index in [1.807, 2.05) is 0 Å². The van der Waals surface area contributed by atoms with E-state index in [-0.39, 0.29) is 5.92 Å². The summed E-state index contributed by atoms with van der Waals surface area (Å²) in [6.45, 7) is 2.27. The number of nitrogens with zero attached hydrogens (tertiary/aromatic N) is 2. The topological polar surface area (TPSA) is 39.1 Å². The maximum absolute atomic E-state index is 9.18. The molecule has 114 valence electrons. The van der Waals surface area contributed by atoms with E-state index in [1.54, 1.807) is 0 Å². The van der Waals surface area contributed by atoms with Crippen molar-refractivity contribution in [2.24, 2.45) is 5.92 Å². The van der Waals surface area contributed by atoms with Crippen LogP contribution in [0.3, 0.4) is 0 Å². The fourth-order valence-corrected chi connectivity index (χ4v) is 3.85. The van der Waals surface area contributed by atoms with Crippen LogP contribution in [0.15, 0.2) is 0 Å². The van der Waals surface area contributed by atoms with Crippen LogP contribution in [0.5, 0.6) is 0 Å². The van der Waals surface area contributed by atoms with Gasteiger partial charge in [-0.15, -0.1) is 0 Å². The van der Waals surface area contributed by atoms with Crippen molar-refractivity contribution in [3.05, 3.63) is 0 Å². The molecule has 1 N–H and O–H groups in total. The second-order valence-corrected chi connectivity index (χ2v) is 6.71. The Morgan fingerprint density at radius 1 is 1.05 bits per heavy atom. The molecule has 0 bridgehead atoms. The predicted molar refractivity (Wildman–Crippen MR) is 83.5 cm³/mol. The predicted octanol–water partition coefficient (Wildman–Crippen LogP) is 3.31. The van der Waals surface area contributed by atoms with Gasteiger partial charge in [-0.3, -0.25) is 0 Å². The van der Waals surface area contributed by atoms with Gasteiger partial charge in [0.1, 0.15) is 0 Å². The zero-order valence-electron chi connectivity index (χ0n) is 13.1. The lowest BCUT2D eigenvalue weighted by atomic mass is 9.85. The minimum absolute atomic E-state index is 0.250. The maximum atomic E-state index is 9.18. The summed E-state index contributed by atoms with van der Waals surface area (Å²) in [5, 5.41) is 12.8. The summed E-state index contributed by atoms with van der Waals surface area (Å²) in [4.78, 5) is 2.56. The molecule has 3 nitrogen and oxygen atoms in total. The Morgan fingerprint density at radius 2 is 1.75 bits per heavy atom. The molecule has 2 aliphatic carbocycles. The molecule has 20 heavy (non-hydrogen) atoms. The maximum Gasteiger partial charge on any atom is 0.0672 e. The molecule has 2 atom stereocenters. The van der Waals surface area contributed by atoms with Crippen molar-refractivity contribution < 1.29 is 0 Å². The Hall–Kier alpha value is -0.590. The van der Waals surface area contributed by atoms with Crippen molar-refractivity contribution in [3.63, 3.8) is 0 Å². The van der Waals surface area contributed by atoms with Crippen LogP contribution in [0.1, 0.15) is 64.2 Å². The first-order chi connectivity index (χ1) is 9.81. The molecule has 0 aromatic carbocycles. The fraction of sp³-hybridized carbons (Fsp3) is 0.941. The largest absolute Gasteiger partial charge is 0.313 e. The van der Waals surface area contributed by atoms with Crippen molar-refractivity contribution in [2.75, 3.05) is 20.1 Å². The summed E-state index contributed by atoms with van der Waals surface area (Å²) in [7, 11) is 2.29. The second-order valence-electron chi connectivity index (χ2n) is 6.71. The number of hydrogen-bond donors (Lipinski definition) is 1. The van der Waals surface area contributed by atoms with Crippen LogP contribution in [0.4, 0.5) is 0 Å². The Morgan fingerprint density at radius 3 is 2.50 bits per heavy atom. The molecule has 0 saturated heterocycles. The van der Waals surface area contributed by atoms with E-state index in [0.29, 0.717) is 6.04 Å². The first-order valence-electron chi connectivity index (χ1n) is 8.64. The molecular formula is C17H31N3. The molecule has 0 spiro atoms. The van der Waals surface area contributed by atoms with Gasteiger partial charge in [-0.25, -0.2) is 0 Å². The highest BCUT2D eigenvalue weighted by Gasteiger charge is 2.24. The molecule has 2 unspecified atom stereocenters. The van der Waals surface area contributed by atoms with Crippen molar-refractivity contribution >= 4 is 0 Å². The third kappa shape index (κ3) is 4.75. The zero-order valence-corrected chi connectivity index (χ0v) is 13.1. The van der Waals surface area contributed by atoms with Crippen LogP contribution in [-0.2, 0) is 0 Å². The molecule has 2 fully saturated rings. The lowest BCUT2D eigenvalue weighted by Crippen LogP contribution is -2.40. The van der Waals surface area contributed by atoms with Gasteiger partial charge in [-0.2, -0.15) is 5.26 Å². The summed E-state index contributed by atoms with van der Waals surface area (Å²) in [6, 6.07) is 3.76. The van der Waals surface area contributed by atoms with E-state index in [1.165, 1.54) is 64.3 Å². The van der Waals surface area contributed by atoms with Crippen LogP contribution < -0.4 is 5.32 Å². The molecule has 0 aromatic heterocycles. The SMILES string of the molecule is CN(CCCNC1CCCCC1C#N)C1CCCCC1. The van der Waals surface area contributed by atoms with Crippen molar-refractivity contribution in [1.82, 2.24) is 10.2 Å². The van der Waals surface area contributed by atoms with Crippen LogP contribution in [0.25, 0.3) is 0 Å². The number of rotatable bonds is 6. The summed E-state index contributed by atoms with van der Waals surface area (Å²) >= 11 is 0. The summed E-state index contributed by atoms with van der Waals surface area (Å²) in [6.07, 6.45) is 13.1. The normalized spacial score (nSPS) is 28.4. The van der Waals surface area contributed by atoms with Gasteiger partial charge in [0.2, 0.25) is 0 Å². The third-order valence-corrected chi connectivity index (χ3v) is 5.22. The van der Waals surface area contributed by atoms with Gasteiger partial charge in [0.15, 0.2) is 0 Å². The Labute approximate surface area is 124 Å². The lowest BCUT2D eigenvalue weighted by Gasteiger charge is -2.32. The highest BCUT2D eigenvalue weighted by molar-refractivity contribution is 4.94. The lowest BCUT2D eigenvalue weighted by molar-refractivity contribution is 0.187. The first kappa shape index (κ1) is 15.8. The van der Waals surface area contributed by atoms with Crippen molar-refractivity contribution in [3.8, 4) is 6.07 Å². The molecule has 2 saturated carbocycles. The highest BCUT2D eigenvalue weighted by atomic mass is 15.1. The Bertz CT molecular complexity index is 304. The smallest absolute Gasteiger partial charge is 0.0672 e. The van der Waals surface area contributed by atoms with E-state index in [2.05, 4.69) is 23.3 Å². The number of nitriles is 1. The molecule has 0 aliphatic heterocycles. The van der Waals surface area contributed by atoms with Gasteiger partial charge in [-0.05, 0) is 52.2 Å². The molecule has 0 amide bonds. The minimum Gasteiger partial charge on any atom is -0.313 e. The van der Waals surface area contributed by atoms with Crippen molar-refractivity contribution in [1.29, 1.82) is 5.26 Å².